The van der Waals surface area contributed by atoms with Gasteiger partial charge in [-0.25, -0.2) is 9.59 Å². The Hall–Kier alpha value is -2.08. The van der Waals surface area contributed by atoms with Crippen LogP contribution in [0.2, 0.25) is 0 Å². The fourth-order valence-electron chi connectivity index (χ4n) is 2.39. The summed E-state index contributed by atoms with van der Waals surface area (Å²) in [6.07, 6.45) is -0.500. The zero-order valence-corrected chi connectivity index (χ0v) is 13.4. The number of carbonyl (C=O) groups excluding carboxylic acids is 2. The van der Waals surface area contributed by atoms with Crippen molar-refractivity contribution in [2.75, 3.05) is 6.54 Å². The molecule has 0 radical (unpaired) electrons. The maximum Gasteiger partial charge on any atom is 0.407 e. The van der Waals surface area contributed by atoms with Gasteiger partial charge in [0.05, 0.1) is 5.56 Å². The predicted octanol–water partition coefficient (Wildman–Crippen LogP) is 2.19. The van der Waals surface area contributed by atoms with Gasteiger partial charge in [-0.05, 0) is 44.9 Å². The molecular weight excluding hydrogens is 284 g/mol. The Morgan fingerprint density at radius 2 is 2.14 bits per heavy atom. The van der Waals surface area contributed by atoms with E-state index in [0.717, 1.165) is 16.7 Å². The molecule has 6 nitrogen and oxygen atoms in total. The summed E-state index contributed by atoms with van der Waals surface area (Å²) >= 11 is 0. The smallest absolute Gasteiger partial charge is 0.407 e. The standard InChI is InChI=1S/C16H22N2O4/c1-9-10(5-6-11-12(9)8-21-14(11)19)13(17)7-18-15(20)22-16(2,3)4/h5-6,13H,7-8,17H2,1-4H3,(H,18,20)/t13-/m0/s1. The molecule has 1 aliphatic rings. The summed E-state index contributed by atoms with van der Waals surface area (Å²) in [7, 11) is 0. The van der Waals surface area contributed by atoms with Gasteiger partial charge in [-0.15, -0.1) is 0 Å². The van der Waals surface area contributed by atoms with Gasteiger partial charge in [-0.1, -0.05) is 6.07 Å². The maximum absolute atomic E-state index is 11.7. The molecular formula is C16H22N2O4. The van der Waals surface area contributed by atoms with Crippen molar-refractivity contribution in [3.05, 3.63) is 34.4 Å². The second-order valence-electron chi connectivity index (χ2n) is 6.37. The van der Waals surface area contributed by atoms with Crippen LogP contribution < -0.4 is 11.1 Å². The van der Waals surface area contributed by atoms with E-state index < -0.39 is 11.7 Å². The molecule has 1 aliphatic heterocycles. The van der Waals surface area contributed by atoms with E-state index >= 15 is 0 Å². The molecule has 120 valence electrons. The molecule has 0 unspecified atom stereocenters. The molecule has 1 aromatic rings. The number of hydrogen-bond acceptors (Lipinski definition) is 5. The average Bonchev–Trinajstić information content (AvgIpc) is 2.77. The second kappa shape index (κ2) is 5.96. The van der Waals surface area contributed by atoms with Gasteiger partial charge in [0.2, 0.25) is 0 Å². The first-order valence-electron chi connectivity index (χ1n) is 7.21. The number of ether oxygens (including phenoxy) is 2. The van der Waals surface area contributed by atoms with Crippen molar-refractivity contribution in [3.63, 3.8) is 0 Å². The lowest BCUT2D eigenvalue weighted by molar-refractivity contribution is 0.0517. The molecule has 0 aliphatic carbocycles. The van der Waals surface area contributed by atoms with Gasteiger partial charge in [-0.2, -0.15) is 0 Å². The van der Waals surface area contributed by atoms with Gasteiger partial charge < -0.3 is 20.5 Å². The van der Waals surface area contributed by atoms with E-state index in [4.69, 9.17) is 15.2 Å². The van der Waals surface area contributed by atoms with Crippen molar-refractivity contribution < 1.29 is 19.1 Å². The van der Waals surface area contributed by atoms with Crippen molar-refractivity contribution in [1.82, 2.24) is 5.32 Å². The first-order chi connectivity index (χ1) is 10.2. The normalized spacial score (nSPS) is 15.0. The molecule has 1 amide bonds. The number of nitrogens with one attached hydrogen (secondary N) is 1. The third-order valence-electron chi connectivity index (χ3n) is 3.47. The van der Waals surface area contributed by atoms with E-state index in [1.165, 1.54) is 0 Å². The molecule has 6 heteroatoms. The largest absolute Gasteiger partial charge is 0.457 e. The van der Waals surface area contributed by atoms with Crippen LogP contribution in [-0.2, 0) is 16.1 Å². The highest BCUT2D eigenvalue weighted by atomic mass is 16.6. The predicted molar refractivity (Wildman–Crippen MR) is 81.5 cm³/mol. The van der Waals surface area contributed by atoms with Crippen LogP contribution in [0.25, 0.3) is 0 Å². The number of alkyl carbamates (subject to hydrolysis) is 1. The van der Waals surface area contributed by atoms with E-state index in [1.54, 1.807) is 26.8 Å². The fourth-order valence-corrected chi connectivity index (χ4v) is 2.39. The number of fused-ring (bicyclic) bond motifs is 1. The van der Waals surface area contributed by atoms with Crippen molar-refractivity contribution in [2.45, 2.75) is 45.9 Å². The lowest BCUT2D eigenvalue weighted by Gasteiger charge is -2.21. The van der Waals surface area contributed by atoms with Crippen LogP contribution in [0.15, 0.2) is 12.1 Å². The van der Waals surface area contributed by atoms with Crippen LogP contribution in [0.3, 0.4) is 0 Å². The molecule has 22 heavy (non-hydrogen) atoms. The van der Waals surface area contributed by atoms with Crippen molar-refractivity contribution >= 4 is 12.1 Å². The van der Waals surface area contributed by atoms with Gasteiger partial charge in [0.15, 0.2) is 0 Å². The monoisotopic (exact) mass is 306 g/mol. The molecule has 0 saturated heterocycles. The van der Waals surface area contributed by atoms with Crippen LogP contribution >= 0.6 is 0 Å². The summed E-state index contributed by atoms with van der Waals surface area (Å²) in [5.74, 6) is -0.301. The minimum absolute atomic E-state index is 0.253. The second-order valence-corrected chi connectivity index (χ2v) is 6.37. The summed E-state index contributed by atoms with van der Waals surface area (Å²) in [5, 5.41) is 2.66. The maximum atomic E-state index is 11.7. The highest BCUT2D eigenvalue weighted by Crippen LogP contribution is 2.28. The van der Waals surface area contributed by atoms with E-state index in [-0.39, 0.29) is 25.2 Å². The molecule has 0 spiro atoms. The lowest BCUT2D eigenvalue weighted by atomic mass is 9.94. The Balaban J connectivity index is 2.04. The van der Waals surface area contributed by atoms with Crippen LogP contribution in [-0.4, -0.2) is 24.2 Å². The van der Waals surface area contributed by atoms with Crippen LogP contribution in [0.4, 0.5) is 4.79 Å². The summed E-state index contributed by atoms with van der Waals surface area (Å²) in [4.78, 5) is 23.2. The van der Waals surface area contributed by atoms with Gasteiger partial charge in [0, 0.05) is 18.2 Å². The Morgan fingerprint density at radius 3 is 2.77 bits per heavy atom. The number of nitrogens with two attached hydrogens (primary N) is 1. The zero-order valence-electron chi connectivity index (χ0n) is 13.4. The molecule has 0 aromatic heterocycles. The van der Waals surface area contributed by atoms with Crippen LogP contribution in [0.5, 0.6) is 0 Å². The summed E-state index contributed by atoms with van der Waals surface area (Å²) in [6, 6.07) is 3.15. The minimum Gasteiger partial charge on any atom is -0.457 e. The number of hydrogen-bond donors (Lipinski definition) is 2. The van der Waals surface area contributed by atoms with E-state index in [9.17, 15) is 9.59 Å². The number of benzene rings is 1. The number of carbonyl (C=O) groups is 2. The topological polar surface area (TPSA) is 90.7 Å². The molecule has 2 rings (SSSR count). The minimum atomic E-state index is -0.546. The Labute approximate surface area is 130 Å². The number of esters is 1. The fraction of sp³-hybridized carbons (Fsp3) is 0.500. The van der Waals surface area contributed by atoms with Crippen LogP contribution in [0.1, 0.15) is 53.9 Å². The lowest BCUT2D eigenvalue weighted by Crippen LogP contribution is -2.36. The van der Waals surface area contributed by atoms with Crippen molar-refractivity contribution in [2.24, 2.45) is 5.73 Å². The van der Waals surface area contributed by atoms with Crippen molar-refractivity contribution in [3.8, 4) is 0 Å². The zero-order chi connectivity index (χ0) is 16.5. The van der Waals surface area contributed by atoms with E-state index in [0.29, 0.717) is 5.56 Å². The molecule has 0 saturated carbocycles. The van der Waals surface area contributed by atoms with E-state index in [2.05, 4.69) is 5.32 Å². The quantitative estimate of drug-likeness (QED) is 0.835. The molecule has 1 aromatic carbocycles. The molecule has 3 N–H and O–H groups in total. The molecule has 0 bridgehead atoms. The summed E-state index contributed by atoms with van der Waals surface area (Å²) in [5.41, 5.74) is 8.87. The van der Waals surface area contributed by atoms with Crippen molar-refractivity contribution in [1.29, 1.82) is 0 Å². The summed E-state index contributed by atoms with van der Waals surface area (Å²) < 4.78 is 10.2. The summed E-state index contributed by atoms with van der Waals surface area (Å²) in [6.45, 7) is 7.84. The molecule has 1 heterocycles. The first kappa shape index (κ1) is 16.3. The Bertz CT molecular complexity index is 605. The molecule has 1 atom stereocenters. The SMILES string of the molecule is Cc1c([C@@H](N)CNC(=O)OC(C)(C)C)ccc2c1COC2=O. The van der Waals surface area contributed by atoms with Gasteiger partial charge >= 0.3 is 12.1 Å². The highest BCUT2D eigenvalue weighted by molar-refractivity contribution is 5.94. The number of rotatable bonds is 3. The molecule has 0 fully saturated rings. The first-order valence-corrected chi connectivity index (χ1v) is 7.21. The third-order valence-corrected chi connectivity index (χ3v) is 3.47. The Kier molecular flexibility index (Phi) is 4.42. The Morgan fingerprint density at radius 1 is 1.45 bits per heavy atom. The highest BCUT2D eigenvalue weighted by Gasteiger charge is 2.25. The number of cyclic esters (lactones) is 1. The third kappa shape index (κ3) is 3.57. The number of amides is 1. The van der Waals surface area contributed by atoms with E-state index in [1.807, 2.05) is 13.0 Å². The van der Waals surface area contributed by atoms with Gasteiger partial charge in [-0.3, -0.25) is 0 Å². The van der Waals surface area contributed by atoms with Crippen LogP contribution in [0, 0.1) is 6.92 Å². The van der Waals surface area contributed by atoms with Gasteiger partial charge in [0.25, 0.3) is 0 Å². The van der Waals surface area contributed by atoms with Gasteiger partial charge in [0.1, 0.15) is 12.2 Å². The average molecular weight is 306 g/mol.